The molecule has 2 aromatic rings. The second-order valence-electron chi connectivity index (χ2n) is 5.45. The first-order valence-electron chi connectivity index (χ1n) is 7.45. The fraction of sp³-hybridized carbons (Fsp3) is 0.312. The lowest BCUT2D eigenvalue weighted by Gasteiger charge is -2.14. The summed E-state index contributed by atoms with van der Waals surface area (Å²) < 4.78 is 78.2. The molecular weight excluding hydrogens is 380 g/mol. The zero-order valence-electron chi connectivity index (χ0n) is 13.7. The zero-order chi connectivity index (χ0) is 20.2. The molecule has 2 aromatic heterocycles. The van der Waals surface area contributed by atoms with Gasteiger partial charge in [0.1, 0.15) is 11.4 Å². The lowest BCUT2D eigenvalue weighted by Crippen LogP contribution is -2.28. The van der Waals surface area contributed by atoms with Gasteiger partial charge < -0.3 is 10.1 Å². The van der Waals surface area contributed by atoms with Gasteiger partial charge in [0.15, 0.2) is 6.61 Å². The van der Waals surface area contributed by atoms with Gasteiger partial charge in [0.05, 0.1) is 23.5 Å². The Kier molecular flexibility index (Phi) is 5.91. The van der Waals surface area contributed by atoms with Gasteiger partial charge in [0, 0.05) is 6.20 Å². The van der Waals surface area contributed by atoms with Crippen molar-refractivity contribution in [2.75, 3.05) is 6.61 Å². The Hall–Kier alpha value is -2.85. The molecule has 5 nitrogen and oxygen atoms in total. The molecule has 2 rings (SSSR count). The molecule has 0 bridgehead atoms. The average Bonchev–Trinajstić information content (AvgIpc) is 2.59. The zero-order valence-corrected chi connectivity index (χ0v) is 13.7. The van der Waals surface area contributed by atoms with Crippen molar-refractivity contribution in [1.29, 1.82) is 0 Å². The van der Waals surface area contributed by atoms with Gasteiger partial charge in [-0.25, -0.2) is 0 Å². The first-order chi connectivity index (χ1) is 12.5. The van der Waals surface area contributed by atoms with Crippen LogP contribution in [0.1, 0.15) is 34.7 Å². The molecule has 0 fully saturated rings. The molecule has 0 aromatic carbocycles. The maximum atomic E-state index is 12.5. The Balaban J connectivity index is 1.97. The van der Waals surface area contributed by atoms with Crippen LogP contribution in [-0.2, 0) is 6.18 Å². The van der Waals surface area contributed by atoms with Gasteiger partial charge >= 0.3 is 12.4 Å². The number of carbonyl (C=O) groups excluding carboxylic acids is 1. The number of alkyl halides is 6. The molecule has 0 saturated carbocycles. The highest BCUT2D eigenvalue weighted by atomic mass is 19.4. The molecule has 0 radical (unpaired) electrons. The molecule has 1 amide bonds. The van der Waals surface area contributed by atoms with E-state index in [-0.39, 0.29) is 11.4 Å². The minimum Gasteiger partial charge on any atom is -0.483 e. The van der Waals surface area contributed by atoms with Gasteiger partial charge in [-0.05, 0) is 31.2 Å². The molecular formula is C16H13F6N3O2. The van der Waals surface area contributed by atoms with Crippen LogP contribution in [0.2, 0.25) is 0 Å². The van der Waals surface area contributed by atoms with Gasteiger partial charge in [-0.1, -0.05) is 0 Å². The van der Waals surface area contributed by atoms with Crippen molar-refractivity contribution in [3.8, 4) is 5.75 Å². The Bertz CT molecular complexity index is 773. The average molecular weight is 393 g/mol. The predicted octanol–water partition coefficient (Wildman–Crippen LogP) is 3.93. The lowest BCUT2D eigenvalue weighted by molar-refractivity contribution is -0.153. The Morgan fingerprint density at radius 3 is 2.26 bits per heavy atom. The molecule has 1 atom stereocenters. The highest BCUT2D eigenvalue weighted by molar-refractivity contribution is 5.92. The van der Waals surface area contributed by atoms with E-state index in [2.05, 4.69) is 20.0 Å². The molecule has 0 spiro atoms. The van der Waals surface area contributed by atoms with E-state index in [9.17, 15) is 31.1 Å². The number of rotatable bonds is 5. The van der Waals surface area contributed by atoms with Crippen LogP contribution in [0.25, 0.3) is 0 Å². The van der Waals surface area contributed by atoms with Crippen molar-refractivity contribution >= 4 is 5.91 Å². The number of hydrogen-bond acceptors (Lipinski definition) is 4. The fourth-order valence-corrected chi connectivity index (χ4v) is 1.94. The molecule has 2 heterocycles. The van der Waals surface area contributed by atoms with Gasteiger partial charge in [-0.3, -0.25) is 14.8 Å². The monoisotopic (exact) mass is 393 g/mol. The summed E-state index contributed by atoms with van der Waals surface area (Å²) >= 11 is 0. The predicted molar refractivity (Wildman–Crippen MR) is 80.9 cm³/mol. The molecule has 0 unspecified atom stereocenters. The molecule has 0 aliphatic carbocycles. The van der Waals surface area contributed by atoms with Crippen LogP contribution in [0.4, 0.5) is 26.3 Å². The van der Waals surface area contributed by atoms with Crippen LogP contribution in [-0.4, -0.2) is 28.7 Å². The summed E-state index contributed by atoms with van der Waals surface area (Å²) in [5.41, 5.74) is -0.891. The fourth-order valence-electron chi connectivity index (χ4n) is 1.94. The van der Waals surface area contributed by atoms with E-state index >= 15 is 0 Å². The number of nitrogens with one attached hydrogen (secondary N) is 1. The third kappa shape index (κ3) is 6.12. The summed E-state index contributed by atoms with van der Waals surface area (Å²) in [4.78, 5) is 19.4. The van der Waals surface area contributed by atoms with Crippen molar-refractivity contribution in [1.82, 2.24) is 15.3 Å². The van der Waals surface area contributed by atoms with Gasteiger partial charge in [0.25, 0.3) is 5.91 Å². The number of hydrogen-bond donors (Lipinski definition) is 1. The second-order valence-corrected chi connectivity index (χ2v) is 5.45. The Labute approximate surface area is 149 Å². The number of nitrogens with zero attached hydrogens (tertiary/aromatic N) is 2. The minimum absolute atomic E-state index is 0.0981. The highest BCUT2D eigenvalue weighted by Gasteiger charge is 2.31. The number of ether oxygens (including phenoxy) is 1. The highest BCUT2D eigenvalue weighted by Crippen LogP contribution is 2.28. The van der Waals surface area contributed by atoms with Crippen molar-refractivity contribution in [2.24, 2.45) is 0 Å². The minimum atomic E-state index is -4.56. The molecule has 0 saturated heterocycles. The van der Waals surface area contributed by atoms with E-state index in [0.29, 0.717) is 11.9 Å². The maximum absolute atomic E-state index is 12.5. The molecule has 0 aliphatic rings. The molecule has 27 heavy (non-hydrogen) atoms. The molecule has 0 aliphatic heterocycles. The molecule has 146 valence electrons. The summed E-state index contributed by atoms with van der Waals surface area (Å²) in [5, 5.41) is 2.48. The van der Waals surface area contributed by atoms with Crippen molar-refractivity contribution in [3.63, 3.8) is 0 Å². The van der Waals surface area contributed by atoms with E-state index < -0.39 is 36.5 Å². The lowest BCUT2D eigenvalue weighted by atomic mass is 10.2. The molecule has 11 heteroatoms. The summed E-state index contributed by atoms with van der Waals surface area (Å²) in [6.45, 7) is 0.0838. The van der Waals surface area contributed by atoms with Gasteiger partial charge in [0.2, 0.25) is 0 Å². The number of halogens is 6. The van der Waals surface area contributed by atoms with Crippen LogP contribution < -0.4 is 10.1 Å². The van der Waals surface area contributed by atoms with Crippen LogP contribution in [0, 0.1) is 0 Å². The Morgan fingerprint density at radius 2 is 1.78 bits per heavy atom. The van der Waals surface area contributed by atoms with Crippen LogP contribution >= 0.6 is 0 Å². The molecule has 1 N–H and O–H groups in total. The normalized spacial score (nSPS) is 13.1. The van der Waals surface area contributed by atoms with Crippen molar-refractivity contribution in [3.05, 3.63) is 53.6 Å². The summed E-state index contributed by atoms with van der Waals surface area (Å²) in [7, 11) is 0. The first kappa shape index (κ1) is 20.5. The number of amides is 1. The summed E-state index contributed by atoms with van der Waals surface area (Å²) in [6.07, 6.45) is -7.42. The van der Waals surface area contributed by atoms with Crippen molar-refractivity contribution < 1.29 is 35.9 Å². The first-order valence-corrected chi connectivity index (χ1v) is 7.45. The van der Waals surface area contributed by atoms with Crippen LogP contribution in [0.15, 0.2) is 36.7 Å². The van der Waals surface area contributed by atoms with Crippen LogP contribution in [0.3, 0.4) is 0 Å². The van der Waals surface area contributed by atoms with Gasteiger partial charge in [-0.2, -0.15) is 26.3 Å². The maximum Gasteiger partial charge on any atom is 0.422 e. The van der Waals surface area contributed by atoms with E-state index in [1.54, 1.807) is 6.92 Å². The van der Waals surface area contributed by atoms with E-state index in [4.69, 9.17) is 0 Å². The van der Waals surface area contributed by atoms with Crippen molar-refractivity contribution in [2.45, 2.75) is 25.3 Å². The second kappa shape index (κ2) is 7.80. The van der Waals surface area contributed by atoms with Gasteiger partial charge in [-0.15, -0.1) is 0 Å². The van der Waals surface area contributed by atoms with E-state index in [1.807, 2.05) is 0 Å². The van der Waals surface area contributed by atoms with Crippen LogP contribution in [0.5, 0.6) is 5.75 Å². The smallest absolute Gasteiger partial charge is 0.422 e. The number of aromatic nitrogens is 2. The third-order valence-electron chi connectivity index (χ3n) is 3.28. The summed E-state index contributed by atoms with van der Waals surface area (Å²) in [6, 6.07) is 3.62. The largest absolute Gasteiger partial charge is 0.483 e. The summed E-state index contributed by atoms with van der Waals surface area (Å²) in [5.74, 6) is -0.825. The number of carbonyl (C=O) groups is 1. The number of pyridine rings is 2. The standard InChI is InChI=1S/C16H13F6N3O2/c1-9(12-5-3-11(7-24-12)27-8-15(17,18)19)25-14(26)13-4-2-10(6-23-13)16(20,21)22/h2-7,9H,8H2,1H3,(H,25,26)/t9-/m1/s1. The topological polar surface area (TPSA) is 64.1 Å². The van der Waals surface area contributed by atoms with E-state index in [1.165, 1.54) is 12.1 Å². The Morgan fingerprint density at radius 1 is 1.07 bits per heavy atom. The van der Waals surface area contributed by atoms with E-state index in [0.717, 1.165) is 18.3 Å². The quantitative estimate of drug-likeness (QED) is 0.782. The SMILES string of the molecule is C[C@@H](NC(=O)c1ccc(C(F)(F)F)cn1)c1ccc(OCC(F)(F)F)cn1. The third-order valence-corrected chi connectivity index (χ3v) is 3.28.